The molecule has 1 aromatic carbocycles. The number of carbonyl (C=O) groups excluding carboxylic acids is 1. The molecule has 0 saturated heterocycles. The van der Waals surface area contributed by atoms with Gasteiger partial charge in [-0.2, -0.15) is 0 Å². The van der Waals surface area contributed by atoms with E-state index in [0.717, 1.165) is 0 Å². The Labute approximate surface area is 110 Å². The van der Waals surface area contributed by atoms with Gasteiger partial charge in [-0.05, 0) is 25.1 Å². The number of hydrogen-bond acceptors (Lipinski definition) is 5. The molecule has 0 aliphatic heterocycles. The molecule has 0 bridgehead atoms. The van der Waals surface area contributed by atoms with Crippen molar-refractivity contribution in [3.63, 3.8) is 0 Å². The first kappa shape index (κ1) is 12.9. The second-order valence-electron chi connectivity index (χ2n) is 4.07. The first-order chi connectivity index (χ1) is 9.10. The molecule has 100 valence electrons. The van der Waals surface area contributed by atoms with Crippen molar-refractivity contribution in [3.05, 3.63) is 41.3 Å². The van der Waals surface area contributed by atoms with Gasteiger partial charge in [-0.1, -0.05) is 5.16 Å². The lowest BCUT2D eigenvalue weighted by Crippen LogP contribution is -2.23. The van der Waals surface area contributed by atoms with E-state index >= 15 is 0 Å². The average Bonchev–Trinajstić information content (AvgIpc) is 2.82. The maximum Gasteiger partial charge on any atom is 0.251 e. The minimum atomic E-state index is -0.223. The van der Waals surface area contributed by atoms with Crippen LogP contribution in [-0.4, -0.2) is 18.2 Å². The number of anilines is 1. The second kappa shape index (κ2) is 5.43. The Kier molecular flexibility index (Phi) is 3.70. The van der Waals surface area contributed by atoms with Crippen LogP contribution in [0.5, 0.6) is 5.75 Å². The molecule has 1 aromatic heterocycles. The van der Waals surface area contributed by atoms with E-state index in [1.165, 1.54) is 7.11 Å². The minimum absolute atomic E-state index is 0.223. The maximum atomic E-state index is 11.9. The molecule has 1 amide bonds. The quantitative estimate of drug-likeness (QED) is 0.814. The third-order valence-corrected chi connectivity index (χ3v) is 2.60. The zero-order valence-electron chi connectivity index (χ0n) is 10.8. The van der Waals surface area contributed by atoms with Crippen molar-refractivity contribution in [2.24, 2.45) is 0 Å². The summed E-state index contributed by atoms with van der Waals surface area (Å²) in [4.78, 5) is 11.9. The van der Waals surface area contributed by atoms with E-state index in [2.05, 4.69) is 10.5 Å². The zero-order valence-corrected chi connectivity index (χ0v) is 10.8. The summed E-state index contributed by atoms with van der Waals surface area (Å²) in [5.74, 6) is 0.960. The number of nitrogens with zero attached hydrogens (tertiary/aromatic N) is 1. The summed E-state index contributed by atoms with van der Waals surface area (Å²) in [7, 11) is 1.51. The number of ether oxygens (including phenoxy) is 1. The van der Waals surface area contributed by atoms with E-state index < -0.39 is 0 Å². The number of aryl methyl sites for hydroxylation is 1. The van der Waals surface area contributed by atoms with Crippen LogP contribution in [0.1, 0.15) is 21.8 Å². The molecule has 0 spiro atoms. The predicted molar refractivity (Wildman–Crippen MR) is 69.8 cm³/mol. The van der Waals surface area contributed by atoms with Gasteiger partial charge in [-0.15, -0.1) is 0 Å². The molecule has 19 heavy (non-hydrogen) atoms. The number of aromatic nitrogens is 1. The summed E-state index contributed by atoms with van der Waals surface area (Å²) in [6, 6.07) is 6.64. The summed E-state index contributed by atoms with van der Waals surface area (Å²) in [6.45, 7) is 2.10. The van der Waals surface area contributed by atoms with Crippen LogP contribution in [0, 0.1) is 6.92 Å². The van der Waals surface area contributed by atoms with E-state index in [0.29, 0.717) is 35.0 Å². The SMILES string of the molecule is COc1cc(C(=O)NCc2cc(C)on2)ccc1N. The molecule has 1 heterocycles. The van der Waals surface area contributed by atoms with Crippen LogP contribution < -0.4 is 15.8 Å². The third kappa shape index (κ3) is 3.04. The molecular weight excluding hydrogens is 246 g/mol. The number of benzene rings is 1. The molecule has 2 rings (SSSR count). The largest absolute Gasteiger partial charge is 0.495 e. The van der Waals surface area contributed by atoms with Crippen molar-refractivity contribution in [3.8, 4) is 5.75 Å². The van der Waals surface area contributed by atoms with Gasteiger partial charge in [0.2, 0.25) is 0 Å². The first-order valence-corrected chi connectivity index (χ1v) is 5.74. The number of hydrogen-bond donors (Lipinski definition) is 2. The highest BCUT2D eigenvalue weighted by molar-refractivity contribution is 5.95. The zero-order chi connectivity index (χ0) is 13.8. The molecule has 0 aliphatic carbocycles. The molecular formula is C13H15N3O3. The van der Waals surface area contributed by atoms with Gasteiger partial charge in [0, 0.05) is 11.6 Å². The van der Waals surface area contributed by atoms with Gasteiger partial charge in [0.1, 0.15) is 17.2 Å². The van der Waals surface area contributed by atoms with Crippen LogP contribution in [-0.2, 0) is 6.54 Å². The molecule has 3 N–H and O–H groups in total. The van der Waals surface area contributed by atoms with Crippen LogP contribution in [0.3, 0.4) is 0 Å². The Morgan fingerprint density at radius 1 is 1.47 bits per heavy atom. The number of nitrogens with one attached hydrogen (secondary N) is 1. The monoisotopic (exact) mass is 261 g/mol. The van der Waals surface area contributed by atoms with Gasteiger partial charge < -0.3 is 20.3 Å². The van der Waals surface area contributed by atoms with E-state index in [1.54, 1.807) is 31.2 Å². The average molecular weight is 261 g/mol. The second-order valence-corrected chi connectivity index (χ2v) is 4.07. The lowest BCUT2D eigenvalue weighted by molar-refractivity contribution is 0.0950. The fraction of sp³-hybridized carbons (Fsp3) is 0.231. The highest BCUT2D eigenvalue weighted by Crippen LogP contribution is 2.22. The molecule has 0 unspecified atom stereocenters. The molecule has 0 fully saturated rings. The van der Waals surface area contributed by atoms with Gasteiger partial charge in [0.15, 0.2) is 0 Å². The summed E-state index contributed by atoms with van der Waals surface area (Å²) in [5.41, 5.74) is 7.33. The lowest BCUT2D eigenvalue weighted by Gasteiger charge is -2.07. The normalized spacial score (nSPS) is 10.2. The van der Waals surface area contributed by atoms with Crippen LogP contribution in [0.4, 0.5) is 5.69 Å². The van der Waals surface area contributed by atoms with E-state index in [9.17, 15) is 4.79 Å². The molecule has 0 saturated carbocycles. The van der Waals surface area contributed by atoms with Gasteiger partial charge in [-0.3, -0.25) is 4.79 Å². The molecule has 2 aromatic rings. The highest BCUT2D eigenvalue weighted by atomic mass is 16.5. The molecule has 6 heteroatoms. The van der Waals surface area contributed by atoms with Crippen LogP contribution in [0.25, 0.3) is 0 Å². The van der Waals surface area contributed by atoms with Crippen molar-refractivity contribution in [2.75, 3.05) is 12.8 Å². The molecule has 0 aliphatic rings. The summed E-state index contributed by atoms with van der Waals surface area (Å²) >= 11 is 0. The van der Waals surface area contributed by atoms with Crippen LogP contribution in [0.2, 0.25) is 0 Å². The van der Waals surface area contributed by atoms with Gasteiger partial charge in [0.25, 0.3) is 5.91 Å². The number of amides is 1. The number of nitrogen functional groups attached to an aromatic ring is 1. The number of nitrogens with two attached hydrogens (primary N) is 1. The van der Waals surface area contributed by atoms with E-state index in [-0.39, 0.29) is 5.91 Å². The molecule has 6 nitrogen and oxygen atoms in total. The van der Waals surface area contributed by atoms with Crippen molar-refractivity contribution in [1.82, 2.24) is 10.5 Å². The summed E-state index contributed by atoms with van der Waals surface area (Å²) in [5, 5.41) is 6.54. The van der Waals surface area contributed by atoms with Crippen molar-refractivity contribution in [2.45, 2.75) is 13.5 Å². The third-order valence-electron chi connectivity index (χ3n) is 2.60. The topological polar surface area (TPSA) is 90.4 Å². The first-order valence-electron chi connectivity index (χ1n) is 5.74. The van der Waals surface area contributed by atoms with Crippen LogP contribution in [0.15, 0.2) is 28.8 Å². The Balaban J connectivity index is 2.03. The fourth-order valence-electron chi connectivity index (χ4n) is 1.63. The van der Waals surface area contributed by atoms with E-state index in [4.69, 9.17) is 15.0 Å². The molecule has 0 radical (unpaired) electrons. The maximum absolute atomic E-state index is 11.9. The Morgan fingerprint density at radius 2 is 2.26 bits per heavy atom. The van der Waals surface area contributed by atoms with E-state index in [1.807, 2.05) is 0 Å². The van der Waals surface area contributed by atoms with Crippen molar-refractivity contribution in [1.29, 1.82) is 0 Å². The van der Waals surface area contributed by atoms with Crippen molar-refractivity contribution >= 4 is 11.6 Å². The lowest BCUT2D eigenvalue weighted by atomic mass is 10.1. The smallest absolute Gasteiger partial charge is 0.251 e. The van der Waals surface area contributed by atoms with Gasteiger partial charge in [-0.25, -0.2) is 0 Å². The summed E-state index contributed by atoms with van der Waals surface area (Å²) in [6.07, 6.45) is 0. The number of carbonyl (C=O) groups is 1. The molecule has 0 atom stereocenters. The highest BCUT2D eigenvalue weighted by Gasteiger charge is 2.09. The minimum Gasteiger partial charge on any atom is -0.495 e. The van der Waals surface area contributed by atoms with Crippen LogP contribution >= 0.6 is 0 Å². The number of rotatable bonds is 4. The Hall–Kier alpha value is -2.50. The Bertz CT molecular complexity index is 593. The Morgan fingerprint density at radius 3 is 2.89 bits per heavy atom. The van der Waals surface area contributed by atoms with Crippen molar-refractivity contribution < 1.29 is 14.1 Å². The summed E-state index contributed by atoms with van der Waals surface area (Å²) < 4.78 is 9.99. The number of methoxy groups -OCH3 is 1. The predicted octanol–water partition coefficient (Wildman–Crippen LogP) is 1.50. The van der Waals surface area contributed by atoms with Gasteiger partial charge >= 0.3 is 0 Å². The standard InChI is InChI=1S/C13H15N3O3/c1-8-5-10(16-19-8)7-15-13(17)9-3-4-11(14)12(6-9)18-2/h3-6H,7,14H2,1-2H3,(H,15,17). The van der Waals surface area contributed by atoms with Gasteiger partial charge in [0.05, 0.1) is 19.3 Å². The fourth-order valence-corrected chi connectivity index (χ4v) is 1.63.